The van der Waals surface area contributed by atoms with Crippen LogP contribution >= 0.6 is 34.7 Å². The third-order valence-corrected chi connectivity index (χ3v) is 6.51. The Morgan fingerprint density at radius 2 is 1.94 bits per heavy atom. The van der Waals surface area contributed by atoms with Crippen LogP contribution < -0.4 is 5.32 Å². The van der Waals surface area contributed by atoms with E-state index in [2.05, 4.69) is 31.8 Å². The summed E-state index contributed by atoms with van der Waals surface area (Å²) in [6, 6.07) is 15.5. The Hall–Kier alpha value is -2.75. The van der Waals surface area contributed by atoms with E-state index in [1.165, 1.54) is 23.1 Å². The second-order valence-electron chi connectivity index (χ2n) is 6.68. The highest BCUT2D eigenvalue weighted by Crippen LogP contribution is 2.29. The molecule has 2 aromatic carbocycles. The lowest BCUT2D eigenvalue weighted by Crippen LogP contribution is -2.14. The number of amides is 1. The Morgan fingerprint density at radius 3 is 2.65 bits per heavy atom. The molecule has 158 valence electrons. The van der Waals surface area contributed by atoms with Crippen LogP contribution in [0.25, 0.3) is 17.1 Å². The molecule has 0 radical (unpaired) electrons. The number of rotatable bonds is 7. The van der Waals surface area contributed by atoms with E-state index in [1.54, 1.807) is 0 Å². The van der Waals surface area contributed by atoms with Crippen LogP contribution in [0, 0.1) is 6.92 Å². The number of halogens is 1. The Balaban J connectivity index is 1.59. The number of carbonyl (C=O) groups is 1. The van der Waals surface area contributed by atoms with Gasteiger partial charge in [0.2, 0.25) is 11.0 Å². The number of hydrogen-bond acceptors (Lipinski definition) is 7. The Bertz CT molecular complexity index is 1200. The van der Waals surface area contributed by atoms with E-state index < -0.39 is 0 Å². The average Bonchev–Trinajstić information content (AvgIpc) is 3.39. The van der Waals surface area contributed by atoms with Gasteiger partial charge in [-0.3, -0.25) is 14.7 Å². The molecular weight excluding hydrogens is 452 g/mol. The predicted octanol–water partition coefficient (Wildman–Crippen LogP) is 5.04. The molecule has 1 amide bonds. The average molecular weight is 471 g/mol. The van der Waals surface area contributed by atoms with Crippen molar-refractivity contribution in [3.63, 3.8) is 0 Å². The monoisotopic (exact) mass is 470 g/mol. The minimum absolute atomic E-state index is 0.171. The van der Waals surface area contributed by atoms with Gasteiger partial charge in [-0.2, -0.15) is 0 Å². The van der Waals surface area contributed by atoms with Gasteiger partial charge in [0.05, 0.1) is 5.75 Å². The van der Waals surface area contributed by atoms with Gasteiger partial charge in [0.25, 0.3) is 0 Å². The van der Waals surface area contributed by atoms with Crippen LogP contribution in [0.4, 0.5) is 5.13 Å². The number of thioether (sulfide) groups is 1. The molecule has 4 aromatic rings. The highest BCUT2D eigenvalue weighted by atomic mass is 35.5. The normalized spacial score (nSPS) is 10.9. The van der Waals surface area contributed by atoms with Crippen LogP contribution in [0.15, 0.2) is 53.7 Å². The molecule has 4 rings (SSSR count). The maximum Gasteiger partial charge on any atom is 0.236 e. The molecule has 1 N–H and O–H groups in total. The van der Waals surface area contributed by atoms with Gasteiger partial charge in [-0.1, -0.05) is 53.8 Å². The molecule has 0 saturated heterocycles. The van der Waals surface area contributed by atoms with Crippen LogP contribution in [0.1, 0.15) is 17.5 Å². The zero-order valence-corrected chi connectivity index (χ0v) is 19.3. The number of nitrogens with one attached hydrogen (secondary N) is 1. The van der Waals surface area contributed by atoms with Crippen LogP contribution in [-0.2, 0) is 11.2 Å². The van der Waals surface area contributed by atoms with E-state index in [9.17, 15) is 4.79 Å². The van der Waals surface area contributed by atoms with E-state index in [4.69, 9.17) is 11.6 Å². The van der Waals surface area contributed by atoms with E-state index in [1.807, 2.05) is 60.9 Å². The summed E-state index contributed by atoms with van der Waals surface area (Å²) in [5.74, 6) is 0.684. The molecule has 31 heavy (non-hydrogen) atoms. The predicted molar refractivity (Wildman–Crippen MR) is 125 cm³/mol. The second-order valence-corrected chi connectivity index (χ2v) is 9.12. The van der Waals surface area contributed by atoms with E-state index >= 15 is 0 Å². The van der Waals surface area contributed by atoms with Gasteiger partial charge >= 0.3 is 0 Å². The molecule has 0 aliphatic carbocycles. The summed E-state index contributed by atoms with van der Waals surface area (Å²) in [5, 5.41) is 22.2. The summed E-state index contributed by atoms with van der Waals surface area (Å²) in [6.07, 6.45) is 0.787. The number of hydrogen-bond donors (Lipinski definition) is 1. The number of anilines is 1. The number of carbonyl (C=O) groups excluding carboxylic acids is 1. The molecule has 0 fully saturated rings. The van der Waals surface area contributed by atoms with Crippen molar-refractivity contribution in [3.05, 3.63) is 64.1 Å². The maximum atomic E-state index is 12.4. The molecule has 0 aliphatic rings. The van der Waals surface area contributed by atoms with E-state index in [-0.39, 0.29) is 11.7 Å². The van der Waals surface area contributed by atoms with Crippen molar-refractivity contribution >= 4 is 45.7 Å². The molecule has 0 aliphatic heterocycles. The topological polar surface area (TPSA) is 85.6 Å². The van der Waals surface area contributed by atoms with Gasteiger partial charge in [0.1, 0.15) is 5.01 Å². The van der Waals surface area contributed by atoms with Crippen LogP contribution in [0.2, 0.25) is 5.02 Å². The minimum Gasteiger partial charge on any atom is -0.300 e. The summed E-state index contributed by atoms with van der Waals surface area (Å²) >= 11 is 8.74. The van der Waals surface area contributed by atoms with Gasteiger partial charge in [0, 0.05) is 16.3 Å². The Kier molecular flexibility index (Phi) is 6.64. The van der Waals surface area contributed by atoms with Crippen LogP contribution in [0.5, 0.6) is 0 Å². The summed E-state index contributed by atoms with van der Waals surface area (Å²) in [7, 11) is 0. The summed E-state index contributed by atoms with van der Waals surface area (Å²) in [5.41, 5.74) is 2.93. The molecule has 10 heteroatoms. The molecule has 7 nitrogen and oxygen atoms in total. The molecule has 2 aromatic heterocycles. The number of benzene rings is 2. The number of aryl methyl sites for hydroxylation is 2. The van der Waals surface area contributed by atoms with Crippen molar-refractivity contribution in [1.82, 2.24) is 25.0 Å². The number of aromatic nitrogens is 5. The molecule has 0 saturated carbocycles. The van der Waals surface area contributed by atoms with Crippen molar-refractivity contribution in [3.8, 4) is 17.1 Å². The van der Waals surface area contributed by atoms with Crippen molar-refractivity contribution < 1.29 is 4.79 Å². The quantitative estimate of drug-likeness (QED) is 0.381. The standard InChI is InChI=1S/C21H19ClN6OS2/c1-3-18-24-26-20(31-18)23-17(29)12-30-21-27-25-19(14-7-9-15(22)10-8-14)28(21)16-6-4-5-13(2)11-16/h4-11H,3,12H2,1-2H3,(H,23,26,29). The summed E-state index contributed by atoms with van der Waals surface area (Å²) in [4.78, 5) is 12.4. The van der Waals surface area contributed by atoms with Crippen molar-refractivity contribution in [2.75, 3.05) is 11.1 Å². The first-order valence-corrected chi connectivity index (χ1v) is 11.7. The zero-order chi connectivity index (χ0) is 21.8. The van der Waals surface area contributed by atoms with E-state index in [0.717, 1.165) is 28.2 Å². The highest BCUT2D eigenvalue weighted by molar-refractivity contribution is 7.99. The van der Waals surface area contributed by atoms with Gasteiger partial charge in [0.15, 0.2) is 11.0 Å². The SMILES string of the molecule is CCc1nnc(NC(=O)CSc2nnc(-c3ccc(Cl)cc3)n2-c2cccc(C)c2)s1. The first-order valence-electron chi connectivity index (χ1n) is 9.57. The first-order chi connectivity index (χ1) is 15.0. The lowest BCUT2D eigenvalue weighted by molar-refractivity contribution is -0.113. The van der Waals surface area contributed by atoms with Gasteiger partial charge in [-0.05, 0) is 55.3 Å². The third-order valence-electron chi connectivity index (χ3n) is 4.34. The number of nitrogens with zero attached hydrogens (tertiary/aromatic N) is 5. The Labute approximate surface area is 192 Å². The highest BCUT2D eigenvalue weighted by Gasteiger charge is 2.18. The summed E-state index contributed by atoms with van der Waals surface area (Å²) in [6.45, 7) is 4.03. The first kappa shape index (κ1) is 21.5. The summed E-state index contributed by atoms with van der Waals surface area (Å²) < 4.78 is 1.95. The fourth-order valence-corrected chi connectivity index (χ4v) is 4.46. The minimum atomic E-state index is -0.171. The molecular formula is C21H19ClN6OS2. The lowest BCUT2D eigenvalue weighted by atomic mass is 10.2. The van der Waals surface area contributed by atoms with Gasteiger partial charge < -0.3 is 0 Å². The van der Waals surface area contributed by atoms with E-state index in [0.29, 0.717) is 21.1 Å². The molecule has 0 bridgehead atoms. The van der Waals surface area contributed by atoms with Crippen molar-refractivity contribution in [1.29, 1.82) is 0 Å². The lowest BCUT2D eigenvalue weighted by Gasteiger charge is -2.11. The molecule has 0 unspecified atom stereocenters. The van der Waals surface area contributed by atoms with Crippen molar-refractivity contribution in [2.45, 2.75) is 25.4 Å². The van der Waals surface area contributed by atoms with Gasteiger partial charge in [-0.25, -0.2) is 0 Å². The fraction of sp³-hybridized carbons (Fsp3) is 0.190. The molecule has 0 spiro atoms. The molecule has 2 heterocycles. The van der Waals surface area contributed by atoms with Crippen molar-refractivity contribution in [2.24, 2.45) is 0 Å². The Morgan fingerprint density at radius 1 is 1.13 bits per heavy atom. The smallest absolute Gasteiger partial charge is 0.236 e. The third kappa shape index (κ3) is 5.12. The fourth-order valence-electron chi connectivity index (χ4n) is 2.88. The van der Waals surface area contributed by atoms with Crippen LogP contribution in [-0.4, -0.2) is 36.6 Å². The largest absolute Gasteiger partial charge is 0.300 e. The van der Waals surface area contributed by atoms with Crippen LogP contribution in [0.3, 0.4) is 0 Å². The zero-order valence-electron chi connectivity index (χ0n) is 16.9. The van der Waals surface area contributed by atoms with Gasteiger partial charge in [-0.15, -0.1) is 20.4 Å². The second kappa shape index (κ2) is 9.59. The maximum absolute atomic E-state index is 12.4. The molecule has 0 atom stereocenters.